The van der Waals surface area contributed by atoms with Gasteiger partial charge in [0, 0.05) is 39.3 Å². The second kappa shape index (κ2) is 21.2. The highest BCUT2D eigenvalue weighted by molar-refractivity contribution is 5.69. The van der Waals surface area contributed by atoms with Crippen molar-refractivity contribution in [2.24, 2.45) is 0 Å². The summed E-state index contributed by atoms with van der Waals surface area (Å²) >= 11 is 0. The van der Waals surface area contributed by atoms with Crippen molar-refractivity contribution in [1.29, 1.82) is 0 Å². The Labute approximate surface area is 193 Å². The first-order valence-electron chi connectivity index (χ1n) is 13.4. The van der Waals surface area contributed by atoms with Crippen LogP contribution in [-0.4, -0.2) is 74.9 Å². The number of carbonyl (C=O) groups excluding carboxylic acids is 1. The van der Waals surface area contributed by atoms with Crippen LogP contribution in [0.2, 0.25) is 0 Å². The first kappa shape index (κ1) is 28.4. The number of carbonyl (C=O) groups is 1. The van der Waals surface area contributed by atoms with Crippen LogP contribution in [0, 0.1) is 0 Å². The summed E-state index contributed by atoms with van der Waals surface area (Å²) in [5, 5.41) is 0. The standard InChI is InChI=1S/C26H52N2O3/c1-3-5-6-7-8-9-10-11-14-23-30-24-15-25-31-26(29)16-20-27(17-4-2)21-22-28-18-12-13-19-28/h3-25H2,1-2H3. The van der Waals surface area contributed by atoms with E-state index >= 15 is 0 Å². The van der Waals surface area contributed by atoms with Gasteiger partial charge in [0.05, 0.1) is 13.0 Å². The average Bonchev–Trinajstić information content (AvgIpc) is 3.29. The molecule has 0 aromatic rings. The molecule has 1 heterocycles. The molecular formula is C26H52N2O3. The fraction of sp³-hybridized carbons (Fsp3) is 0.962. The molecule has 1 fully saturated rings. The SMILES string of the molecule is CCCCCCCCCCCOCCCOC(=O)CCN(CCC)CCN1CCCC1. The maximum atomic E-state index is 12.0. The zero-order valence-electron chi connectivity index (χ0n) is 20.9. The molecule has 0 N–H and O–H groups in total. The average molecular weight is 441 g/mol. The molecule has 0 radical (unpaired) electrons. The Bertz CT molecular complexity index is 400. The molecule has 184 valence electrons. The second-order valence-corrected chi connectivity index (χ2v) is 9.16. The van der Waals surface area contributed by atoms with E-state index in [4.69, 9.17) is 9.47 Å². The molecule has 0 aliphatic carbocycles. The minimum atomic E-state index is -0.0683. The summed E-state index contributed by atoms with van der Waals surface area (Å²) < 4.78 is 11.1. The first-order chi connectivity index (χ1) is 15.3. The molecule has 0 unspecified atom stereocenters. The van der Waals surface area contributed by atoms with Crippen molar-refractivity contribution in [2.45, 2.75) is 104 Å². The number of hydrogen-bond donors (Lipinski definition) is 0. The summed E-state index contributed by atoms with van der Waals surface area (Å²) in [7, 11) is 0. The van der Waals surface area contributed by atoms with Crippen molar-refractivity contribution in [3.05, 3.63) is 0 Å². The number of hydrogen-bond acceptors (Lipinski definition) is 5. The van der Waals surface area contributed by atoms with Crippen molar-refractivity contribution < 1.29 is 14.3 Å². The Morgan fingerprint density at radius 2 is 1.39 bits per heavy atom. The molecule has 0 saturated carbocycles. The largest absolute Gasteiger partial charge is 0.466 e. The van der Waals surface area contributed by atoms with E-state index in [1.165, 1.54) is 77.3 Å². The third-order valence-corrected chi connectivity index (χ3v) is 6.19. The molecular weight excluding hydrogens is 388 g/mol. The number of unbranched alkanes of at least 4 members (excludes halogenated alkanes) is 8. The molecule has 5 nitrogen and oxygen atoms in total. The minimum Gasteiger partial charge on any atom is -0.466 e. The molecule has 0 spiro atoms. The number of rotatable bonds is 22. The van der Waals surface area contributed by atoms with E-state index in [1.54, 1.807) is 0 Å². The number of nitrogens with zero attached hydrogens (tertiary/aromatic N) is 2. The van der Waals surface area contributed by atoms with Crippen molar-refractivity contribution in [3.8, 4) is 0 Å². The monoisotopic (exact) mass is 440 g/mol. The first-order valence-corrected chi connectivity index (χ1v) is 13.4. The summed E-state index contributed by atoms with van der Waals surface area (Å²) in [6.07, 6.45) is 17.1. The Morgan fingerprint density at radius 1 is 0.742 bits per heavy atom. The third-order valence-electron chi connectivity index (χ3n) is 6.19. The molecule has 0 aromatic heterocycles. The normalized spacial score (nSPS) is 14.5. The fourth-order valence-electron chi connectivity index (χ4n) is 4.23. The van der Waals surface area contributed by atoms with E-state index in [1.807, 2.05) is 0 Å². The molecule has 5 heteroatoms. The van der Waals surface area contributed by atoms with Crippen molar-refractivity contribution in [1.82, 2.24) is 9.80 Å². The van der Waals surface area contributed by atoms with Crippen LogP contribution in [0.25, 0.3) is 0 Å². The topological polar surface area (TPSA) is 42.0 Å². The van der Waals surface area contributed by atoms with Gasteiger partial charge in [-0.3, -0.25) is 4.79 Å². The van der Waals surface area contributed by atoms with Crippen molar-refractivity contribution in [3.63, 3.8) is 0 Å². The third kappa shape index (κ3) is 17.6. The molecule has 0 aromatic carbocycles. The maximum absolute atomic E-state index is 12.0. The van der Waals surface area contributed by atoms with E-state index < -0.39 is 0 Å². The molecule has 0 bridgehead atoms. The molecule has 1 saturated heterocycles. The van der Waals surface area contributed by atoms with Crippen LogP contribution in [-0.2, 0) is 14.3 Å². The van der Waals surface area contributed by atoms with Crippen LogP contribution in [0.1, 0.15) is 104 Å². The maximum Gasteiger partial charge on any atom is 0.307 e. The van der Waals surface area contributed by atoms with Gasteiger partial charge in [-0.15, -0.1) is 0 Å². The lowest BCUT2D eigenvalue weighted by molar-refractivity contribution is -0.144. The van der Waals surface area contributed by atoms with Crippen LogP contribution in [0.4, 0.5) is 0 Å². The van der Waals surface area contributed by atoms with Gasteiger partial charge in [-0.2, -0.15) is 0 Å². The Morgan fingerprint density at radius 3 is 2.06 bits per heavy atom. The Hall–Kier alpha value is -0.650. The lowest BCUT2D eigenvalue weighted by atomic mass is 10.1. The summed E-state index contributed by atoms with van der Waals surface area (Å²) in [6, 6.07) is 0. The van der Waals surface area contributed by atoms with Crippen LogP contribution in [0.15, 0.2) is 0 Å². The second-order valence-electron chi connectivity index (χ2n) is 9.16. The van der Waals surface area contributed by atoms with Gasteiger partial charge in [-0.1, -0.05) is 65.2 Å². The van der Waals surface area contributed by atoms with Gasteiger partial charge >= 0.3 is 5.97 Å². The Balaban J connectivity index is 1.87. The van der Waals surface area contributed by atoms with Crippen LogP contribution in [0.3, 0.4) is 0 Å². The number of ether oxygens (including phenoxy) is 2. The molecule has 31 heavy (non-hydrogen) atoms. The minimum absolute atomic E-state index is 0.0683. The van der Waals surface area contributed by atoms with E-state index in [9.17, 15) is 4.79 Å². The van der Waals surface area contributed by atoms with Gasteiger partial charge in [-0.05, 0) is 45.3 Å². The Kier molecular flexibility index (Phi) is 19.4. The van der Waals surface area contributed by atoms with Gasteiger partial charge in [0.1, 0.15) is 0 Å². The highest BCUT2D eigenvalue weighted by Crippen LogP contribution is 2.10. The van der Waals surface area contributed by atoms with Crippen molar-refractivity contribution in [2.75, 3.05) is 59.1 Å². The predicted molar refractivity (Wildman–Crippen MR) is 131 cm³/mol. The van der Waals surface area contributed by atoms with E-state index in [0.717, 1.165) is 52.0 Å². The van der Waals surface area contributed by atoms with Crippen molar-refractivity contribution >= 4 is 5.97 Å². The van der Waals surface area contributed by atoms with Gasteiger partial charge < -0.3 is 19.3 Å². The molecule has 1 rings (SSSR count). The summed E-state index contributed by atoms with van der Waals surface area (Å²) in [6.45, 7) is 13.0. The van der Waals surface area contributed by atoms with E-state index in [0.29, 0.717) is 19.6 Å². The van der Waals surface area contributed by atoms with Crippen LogP contribution in [0.5, 0.6) is 0 Å². The molecule has 1 aliphatic rings. The quantitative estimate of drug-likeness (QED) is 0.160. The van der Waals surface area contributed by atoms with Crippen LogP contribution < -0.4 is 0 Å². The highest BCUT2D eigenvalue weighted by atomic mass is 16.5. The van der Waals surface area contributed by atoms with Gasteiger partial charge in [0.2, 0.25) is 0 Å². The van der Waals surface area contributed by atoms with Gasteiger partial charge in [0.15, 0.2) is 0 Å². The highest BCUT2D eigenvalue weighted by Gasteiger charge is 2.14. The summed E-state index contributed by atoms with van der Waals surface area (Å²) in [5.41, 5.74) is 0. The van der Waals surface area contributed by atoms with Crippen LogP contribution >= 0.6 is 0 Å². The molecule has 0 amide bonds. The number of esters is 1. The summed E-state index contributed by atoms with van der Waals surface area (Å²) in [5.74, 6) is -0.0683. The van der Waals surface area contributed by atoms with E-state index in [2.05, 4.69) is 23.6 Å². The molecule has 0 atom stereocenters. The fourth-order valence-corrected chi connectivity index (χ4v) is 4.23. The summed E-state index contributed by atoms with van der Waals surface area (Å²) in [4.78, 5) is 17.0. The van der Waals surface area contributed by atoms with Gasteiger partial charge in [-0.25, -0.2) is 0 Å². The number of likely N-dealkylation sites (tertiary alicyclic amines) is 1. The smallest absolute Gasteiger partial charge is 0.307 e. The lowest BCUT2D eigenvalue weighted by Crippen LogP contribution is -2.35. The van der Waals surface area contributed by atoms with Gasteiger partial charge in [0.25, 0.3) is 0 Å². The zero-order chi connectivity index (χ0) is 22.4. The predicted octanol–water partition coefficient (Wildman–Crippen LogP) is 5.67. The lowest BCUT2D eigenvalue weighted by Gasteiger charge is -2.24. The van der Waals surface area contributed by atoms with E-state index in [-0.39, 0.29) is 5.97 Å². The zero-order valence-corrected chi connectivity index (χ0v) is 20.9. The molecule has 1 aliphatic heterocycles.